The van der Waals surface area contributed by atoms with E-state index in [-0.39, 0.29) is 17.8 Å². The monoisotopic (exact) mass is 430 g/mol. The first-order valence-electron chi connectivity index (χ1n) is 9.24. The van der Waals surface area contributed by atoms with Crippen LogP contribution in [0.1, 0.15) is 27.7 Å². The number of pyridine rings is 1. The van der Waals surface area contributed by atoms with E-state index in [2.05, 4.69) is 4.98 Å². The number of aromatic amines is 1. The molecule has 0 saturated heterocycles. The first-order valence-corrected chi connectivity index (χ1v) is 10.1. The minimum Gasteiger partial charge on any atom is -0.321 e. The standard InChI is InChI=1S/C22H17F3N2O2S/c1-3-27(14-6-4-5-13(10-14)22(23,24)25)21(29)18-11-16-19(30-18)15-9-12(2)7-8-17(15)26-20(16)28/h4-11H,3H2,1-2H3,(H,26,28). The zero-order chi connectivity index (χ0) is 21.6. The molecule has 30 heavy (non-hydrogen) atoms. The Balaban J connectivity index is 1.82. The highest BCUT2D eigenvalue weighted by Gasteiger charge is 2.31. The van der Waals surface area contributed by atoms with E-state index in [0.717, 1.165) is 23.1 Å². The molecule has 0 bridgehead atoms. The summed E-state index contributed by atoms with van der Waals surface area (Å²) in [6.45, 7) is 3.81. The molecule has 0 saturated carbocycles. The van der Waals surface area contributed by atoms with Gasteiger partial charge in [0.05, 0.1) is 15.8 Å². The summed E-state index contributed by atoms with van der Waals surface area (Å²) in [5, 5.41) is 1.22. The molecule has 154 valence electrons. The number of hydrogen-bond acceptors (Lipinski definition) is 3. The molecular weight excluding hydrogens is 413 g/mol. The van der Waals surface area contributed by atoms with Gasteiger partial charge in [-0.3, -0.25) is 9.59 Å². The van der Waals surface area contributed by atoms with E-state index in [1.54, 1.807) is 6.92 Å². The predicted octanol–water partition coefficient (Wildman–Crippen LogP) is 5.74. The Hall–Kier alpha value is -3.13. The zero-order valence-corrected chi connectivity index (χ0v) is 16.9. The summed E-state index contributed by atoms with van der Waals surface area (Å²) in [4.78, 5) is 30.0. The quantitative estimate of drug-likeness (QED) is 0.451. The number of nitrogens with one attached hydrogen (secondary N) is 1. The van der Waals surface area contributed by atoms with E-state index in [0.29, 0.717) is 20.5 Å². The minimum atomic E-state index is -4.50. The molecule has 2 heterocycles. The molecule has 8 heteroatoms. The second kappa shape index (κ2) is 7.28. The number of halogens is 3. The number of aryl methyl sites for hydroxylation is 1. The van der Waals surface area contributed by atoms with Gasteiger partial charge in [-0.15, -0.1) is 11.3 Å². The van der Waals surface area contributed by atoms with Crippen molar-refractivity contribution in [1.82, 2.24) is 4.98 Å². The van der Waals surface area contributed by atoms with Crippen molar-refractivity contribution in [2.75, 3.05) is 11.4 Å². The summed E-state index contributed by atoms with van der Waals surface area (Å²) >= 11 is 1.17. The second-order valence-corrected chi connectivity index (χ2v) is 8.01. The fraction of sp³-hybridized carbons (Fsp3) is 0.182. The van der Waals surface area contributed by atoms with Gasteiger partial charge in [0.1, 0.15) is 0 Å². The van der Waals surface area contributed by atoms with Crippen LogP contribution in [0.5, 0.6) is 0 Å². The van der Waals surface area contributed by atoms with Gasteiger partial charge in [-0.25, -0.2) is 0 Å². The summed E-state index contributed by atoms with van der Waals surface area (Å²) < 4.78 is 39.9. The van der Waals surface area contributed by atoms with Crippen LogP contribution in [0.4, 0.5) is 18.9 Å². The zero-order valence-electron chi connectivity index (χ0n) is 16.1. The van der Waals surface area contributed by atoms with E-state index in [1.807, 2.05) is 25.1 Å². The van der Waals surface area contributed by atoms with Crippen LogP contribution in [0.2, 0.25) is 0 Å². The third-order valence-electron chi connectivity index (χ3n) is 4.90. The highest BCUT2D eigenvalue weighted by molar-refractivity contribution is 7.21. The van der Waals surface area contributed by atoms with Gasteiger partial charge < -0.3 is 9.88 Å². The molecule has 4 rings (SSSR count). The van der Waals surface area contributed by atoms with Crippen molar-refractivity contribution in [2.45, 2.75) is 20.0 Å². The Morgan fingerprint density at radius 2 is 1.87 bits per heavy atom. The van der Waals surface area contributed by atoms with Gasteiger partial charge in [0.15, 0.2) is 0 Å². The van der Waals surface area contributed by atoms with E-state index in [1.165, 1.54) is 34.4 Å². The van der Waals surface area contributed by atoms with Gasteiger partial charge in [0.2, 0.25) is 0 Å². The maximum atomic E-state index is 13.2. The van der Waals surface area contributed by atoms with Crippen LogP contribution in [0.3, 0.4) is 0 Å². The number of amides is 1. The maximum absolute atomic E-state index is 13.2. The Morgan fingerprint density at radius 3 is 2.57 bits per heavy atom. The molecule has 4 nitrogen and oxygen atoms in total. The average Bonchev–Trinajstić information content (AvgIpc) is 3.15. The van der Waals surface area contributed by atoms with Crippen molar-refractivity contribution in [1.29, 1.82) is 0 Å². The first kappa shape index (κ1) is 20.2. The fourth-order valence-electron chi connectivity index (χ4n) is 3.44. The van der Waals surface area contributed by atoms with Crippen LogP contribution < -0.4 is 10.5 Å². The third-order valence-corrected chi connectivity index (χ3v) is 6.06. The minimum absolute atomic E-state index is 0.157. The molecule has 0 radical (unpaired) electrons. The number of benzene rings is 2. The van der Waals surface area contributed by atoms with Crippen molar-refractivity contribution in [3.05, 3.63) is 74.9 Å². The number of carbonyl (C=O) groups excluding carboxylic acids is 1. The number of anilines is 1. The van der Waals surface area contributed by atoms with Crippen LogP contribution in [-0.4, -0.2) is 17.4 Å². The highest BCUT2D eigenvalue weighted by atomic mass is 32.1. The SMILES string of the molecule is CCN(C(=O)c1cc2c(=O)[nH]c3ccc(C)cc3c2s1)c1cccc(C(F)(F)F)c1. The lowest BCUT2D eigenvalue weighted by Gasteiger charge is -2.21. The lowest BCUT2D eigenvalue weighted by Crippen LogP contribution is -2.30. The molecule has 0 spiro atoms. The molecule has 0 aliphatic heterocycles. The molecule has 0 aliphatic rings. The molecule has 0 unspecified atom stereocenters. The Morgan fingerprint density at radius 1 is 1.10 bits per heavy atom. The molecule has 4 aromatic rings. The van der Waals surface area contributed by atoms with E-state index in [9.17, 15) is 22.8 Å². The van der Waals surface area contributed by atoms with Gasteiger partial charge >= 0.3 is 6.18 Å². The number of nitrogens with zero attached hydrogens (tertiary/aromatic N) is 1. The smallest absolute Gasteiger partial charge is 0.321 e. The summed E-state index contributed by atoms with van der Waals surface area (Å²) in [6, 6.07) is 11.8. The Bertz CT molecular complexity index is 1340. The largest absolute Gasteiger partial charge is 0.416 e. The number of carbonyl (C=O) groups is 1. The van der Waals surface area contributed by atoms with Crippen molar-refractivity contribution in [3.63, 3.8) is 0 Å². The molecule has 0 aliphatic carbocycles. The lowest BCUT2D eigenvalue weighted by molar-refractivity contribution is -0.137. The van der Waals surface area contributed by atoms with Crippen LogP contribution in [0, 0.1) is 6.92 Å². The predicted molar refractivity (Wildman–Crippen MR) is 113 cm³/mol. The number of alkyl halides is 3. The second-order valence-electron chi connectivity index (χ2n) is 6.95. The topological polar surface area (TPSA) is 53.2 Å². The van der Waals surface area contributed by atoms with Gasteiger partial charge in [-0.1, -0.05) is 17.7 Å². The number of aromatic nitrogens is 1. The fourth-order valence-corrected chi connectivity index (χ4v) is 4.57. The molecule has 0 atom stereocenters. The van der Waals surface area contributed by atoms with Crippen molar-refractivity contribution in [3.8, 4) is 0 Å². The van der Waals surface area contributed by atoms with Gasteiger partial charge in [-0.05, 0) is 50.2 Å². The molecular formula is C22H17F3N2O2S. The Kier molecular flexibility index (Phi) is 4.89. The number of hydrogen-bond donors (Lipinski definition) is 1. The van der Waals surface area contributed by atoms with Crippen LogP contribution in [0.25, 0.3) is 21.0 Å². The normalized spacial score (nSPS) is 11.9. The average molecular weight is 430 g/mol. The van der Waals surface area contributed by atoms with Crippen LogP contribution >= 0.6 is 11.3 Å². The summed E-state index contributed by atoms with van der Waals surface area (Å²) in [6.07, 6.45) is -4.50. The molecule has 2 aromatic carbocycles. The van der Waals surface area contributed by atoms with Crippen molar-refractivity contribution >= 4 is 43.9 Å². The van der Waals surface area contributed by atoms with Crippen molar-refractivity contribution in [2.24, 2.45) is 0 Å². The van der Waals surface area contributed by atoms with Crippen molar-refractivity contribution < 1.29 is 18.0 Å². The summed E-state index contributed by atoms with van der Waals surface area (Å²) in [7, 11) is 0. The first-order chi connectivity index (χ1) is 14.2. The molecule has 1 N–H and O–H groups in total. The van der Waals surface area contributed by atoms with Gasteiger partial charge in [0.25, 0.3) is 11.5 Å². The van der Waals surface area contributed by atoms with Gasteiger partial charge in [-0.2, -0.15) is 13.2 Å². The molecule has 2 aromatic heterocycles. The summed E-state index contributed by atoms with van der Waals surface area (Å²) in [5.41, 5.74) is 0.712. The van der Waals surface area contributed by atoms with Crippen LogP contribution in [-0.2, 0) is 6.18 Å². The highest BCUT2D eigenvalue weighted by Crippen LogP contribution is 2.34. The maximum Gasteiger partial charge on any atom is 0.416 e. The lowest BCUT2D eigenvalue weighted by atomic mass is 10.1. The number of H-pyrrole nitrogens is 1. The van der Waals surface area contributed by atoms with Crippen LogP contribution in [0.15, 0.2) is 53.3 Å². The molecule has 0 fully saturated rings. The number of thiophene rings is 1. The van der Waals surface area contributed by atoms with Gasteiger partial charge in [0, 0.05) is 27.8 Å². The molecule has 1 amide bonds. The Labute approximate surface area is 173 Å². The number of rotatable bonds is 3. The van der Waals surface area contributed by atoms with E-state index >= 15 is 0 Å². The van der Waals surface area contributed by atoms with E-state index in [4.69, 9.17) is 0 Å². The van der Waals surface area contributed by atoms with E-state index < -0.39 is 17.6 Å². The third kappa shape index (κ3) is 3.47. The number of fused-ring (bicyclic) bond motifs is 3. The summed E-state index contributed by atoms with van der Waals surface area (Å²) in [5.74, 6) is -0.446.